The van der Waals surface area contributed by atoms with Crippen LogP contribution in [0.2, 0.25) is 12.1 Å². The van der Waals surface area contributed by atoms with Crippen molar-refractivity contribution < 1.29 is 141 Å². The van der Waals surface area contributed by atoms with E-state index in [1.54, 1.807) is 0 Å². The third-order valence-corrected chi connectivity index (χ3v) is 13.3. The summed E-state index contributed by atoms with van der Waals surface area (Å²) in [5.74, 6) is -74.0. The molecule has 0 aromatic heterocycles. The van der Waals surface area contributed by atoms with Crippen molar-refractivity contribution in [2.45, 2.75) is 117 Å². The number of rotatable bonds is 23. The van der Waals surface area contributed by atoms with Gasteiger partial charge in [0, 0.05) is 66.1 Å². The van der Waals surface area contributed by atoms with Crippen LogP contribution in [0.25, 0.3) is 0 Å². The Hall–Kier alpha value is -1.63. The van der Waals surface area contributed by atoms with Gasteiger partial charge >= 0.3 is 89.2 Å². The van der Waals surface area contributed by atoms with E-state index in [0.717, 1.165) is 21.3 Å². The van der Waals surface area contributed by atoms with Crippen LogP contribution in [-0.4, -0.2) is 130 Å². The van der Waals surface area contributed by atoms with Crippen molar-refractivity contribution in [3.63, 3.8) is 0 Å². The first-order valence-electron chi connectivity index (χ1n) is 15.3. The quantitative estimate of drug-likeness (QED) is 0.0751. The van der Waals surface area contributed by atoms with Gasteiger partial charge in [-0.3, -0.25) is 0 Å². The molecule has 0 N–H and O–H groups in total. The fourth-order valence-corrected chi connectivity index (χ4v) is 8.45. The average Bonchev–Trinajstić information content (AvgIpc) is 3.07. The van der Waals surface area contributed by atoms with Gasteiger partial charge in [-0.2, -0.15) is 114 Å². The Bertz CT molecular complexity index is 1280. The molecule has 0 aliphatic rings. The van der Waals surface area contributed by atoms with Crippen LogP contribution in [0.15, 0.2) is 0 Å². The summed E-state index contributed by atoms with van der Waals surface area (Å²) in [5, 5.41) is 0. The van der Waals surface area contributed by atoms with Gasteiger partial charge in [0.25, 0.3) is 0 Å². The zero-order valence-electron chi connectivity index (χ0n) is 30.2. The highest BCUT2D eigenvalue weighted by Gasteiger charge is 2.92. The van der Waals surface area contributed by atoms with E-state index in [2.05, 4.69) is 13.3 Å². The van der Waals surface area contributed by atoms with Gasteiger partial charge in [-0.15, -0.1) is 0 Å². The molecule has 0 aliphatic heterocycles. The molecule has 0 atom stereocenters. The lowest BCUT2D eigenvalue weighted by molar-refractivity contribution is -0.440. The molecule has 0 aromatic rings. The fourth-order valence-electron chi connectivity index (χ4n) is 4.10. The molecule has 6 nitrogen and oxygen atoms in total. The van der Waals surface area contributed by atoms with Crippen molar-refractivity contribution in [3.05, 3.63) is 0 Å². The van der Waals surface area contributed by atoms with Gasteiger partial charge in [0.05, 0.1) is 0 Å². The van der Waals surface area contributed by atoms with Crippen LogP contribution >= 0.6 is 0 Å². The number of alkyl halides is 26. The fraction of sp³-hybridized carbons (Fsp3) is 1.00. The molecule has 0 amide bonds. The summed E-state index contributed by atoms with van der Waals surface area (Å²) >= 11 is 0. The Kier molecular flexibility index (Phi) is 19.2. The van der Waals surface area contributed by atoms with E-state index in [1.807, 2.05) is 0 Å². The highest BCUT2D eigenvalue weighted by molar-refractivity contribution is 6.61. The maximum atomic E-state index is 13.9. The lowest BCUT2D eigenvalue weighted by Crippen LogP contribution is -2.70. The second kappa shape index (κ2) is 19.0. The smallest absolute Gasteiger partial charge is 0.377 e. The summed E-state index contributed by atoms with van der Waals surface area (Å²) in [6.45, 7) is 3.00. The first-order chi connectivity index (χ1) is 25.8. The zero-order valence-corrected chi connectivity index (χ0v) is 32.2. The van der Waals surface area contributed by atoms with E-state index in [9.17, 15) is 114 Å². The number of hydrogen-bond donors (Lipinski definition) is 0. The molecule has 0 heterocycles. The molecule has 0 saturated carbocycles. The van der Waals surface area contributed by atoms with Crippen molar-refractivity contribution in [1.29, 1.82) is 0 Å². The predicted molar refractivity (Wildman–Crippen MR) is 148 cm³/mol. The van der Waals surface area contributed by atoms with Crippen LogP contribution in [0.3, 0.4) is 0 Å². The Morgan fingerprint density at radius 3 is 0.695 bits per heavy atom. The van der Waals surface area contributed by atoms with Crippen molar-refractivity contribution >= 4 is 17.6 Å². The predicted octanol–water partition coefficient (Wildman–Crippen LogP) is 11.2. The second-order valence-electron chi connectivity index (χ2n) is 11.3. The minimum absolute atomic E-state index is 0.291. The summed E-state index contributed by atoms with van der Waals surface area (Å²) in [5.41, 5.74) is 0. The SMILES string of the molecule is CCO[Si](CCC(F)(F)C(F)(F)C(F)(F)C(F)(F)C(F)(F)C(F)(F)F)(OCC)OCC.CO[Si](CCC(F)(F)C(F)(F)C(F)(F)C(F)(F)C(F)(F)C(F)(F)F)(OC)OC. The largest absolute Gasteiger partial charge is 0.501 e. The third-order valence-electron chi connectivity index (χ3n) is 7.51. The normalized spacial score (nSPS) is 15.7. The Balaban J connectivity index is 0. The zero-order chi connectivity index (χ0) is 48.2. The van der Waals surface area contributed by atoms with Crippen LogP contribution in [-0.2, 0) is 26.6 Å². The Labute approximate surface area is 317 Å². The van der Waals surface area contributed by atoms with Gasteiger partial charge in [0.15, 0.2) is 0 Å². The summed E-state index contributed by atoms with van der Waals surface area (Å²) in [6, 6.07) is -2.75. The topological polar surface area (TPSA) is 55.4 Å². The molecular weight excluding hydrogens is 946 g/mol. The van der Waals surface area contributed by atoms with Crippen molar-refractivity contribution in [3.8, 4) is 0 Å². The molecule has 0 fully saturated rings. The highest BCUT2D eigenvalue weighted by Crippen LogP contribution is 2.62. The maximum absolute atomic E-state index is 13.9. The Morgan fingerprint density at radius 1 is 0.305 bits per heavy atom. The van der Waals surface area contributed by atoms with Gasteiger partial charge in [-0.05, 0) is 20.8 Å². The molecule has 0 aromatic carbocycles. The first kappa shape index (κ1) is 59.5. The van der Waals surface area contributed by atoms with Crippen LogP contribution in [0, 0.1) is 0 Å². The van der Waals surface area contributed by atoms with Crippen LogP contribution in [0.4, 0.5) is 114 Å². The lowest BCUT2D eigenvalue weighted by Gasteiger charge is -2.40. The number of halogens is 26. The van der Waals surface area contributed by atoms with E-state index in [0.29, 0.717) is 0 Å². The molecule has 59 heavy (non-hydrogen) atoms. The van der Waals surface area contributed by atoms with Crippen LogP contribution in [0.5, 0.6) is 0 Å². The monoisotopic (exact) mass is 978 g/mol. The average molecular weight is 979 g/mol. The standard InChI is InChI=1S/C14H19F13O3Si.C11H13F13O3Si/c1-4-28-31(29-5-2,30-6-3)8-7-9(15,16)10(17,18)11(19,20)12(21,22)13(23,24)14(25,26)27;1-25-28(26-2,27-3)5-4-6(12,13)7(14,15)8(16,17)9(18,19)10(20,21)11(22,23)24/h4-8H2,1-3H3;4-5H2,1-3H3. The van der Waals surface area contributed by atoms with E-state index in [-0.39, 0.29) is 19.8 Å². The van der Waals surface area contributed by atoms with Crippen LogP contribution in [0.1, 0.15) is 33.6 Å². The Morgan fingerprint density at radius 2 is 0.508 bits per heavy atom. The summed E-state index contributed by atoms with van der Waals surface area (Å²) in [4.78, 5) is 0. The molecule has 0 unspecified atom stereocenters. The van der Waals surface area contributed by atoms with Crippen molar-refractivity contribution in [2.75, 3.05) is 41.2 Å². The van der Waals surface area contributed by atoms with Crippen LogP contribution < -0.4 is 0 Å². The highest BCUT2D eigenvalue weighted by atomic mass is 28.4. The third kappa shape index (κ3) is 10.9. The molecule has 0 aliphatic carbocycles. The summed E-state index contributed by atoms with van der Waals surface area (Å²) < 4.78 is 367. The molecule has 0 saturated heterocycles. The van der Waals surface area contributed by atoms with E-state index in [4.69, 9.17) is 13.3 Å². The summed E-state index contributed by atoms with van der Waals surface area (Å²) in [6.07, 6.45) is -19.7. The van der Waals surface area contributed by atoms with Gasteiger partial charge in [0.1, 0.15) is 0 Å². The molecule has 358 valence electrons. The van der Waals surface area contributed by atoms with Gasteiger partial charge < -0.3 is 26.6 Å². The lowest BCUT2D eigenvalue weighted by atomic mass is 9.93. The van der Waals surface area contributed by atoms with E-state index in [1.165, 1.54) is 20.8 Å². The van der Waals surface area contributed by atoms with Gasteiger partial charge in [0.2, 0.25) is 0 Å². The maximum Gasteiger partial charge on any atom is 0.501 e. The van der Waals surface area contributed by atoms with Crippen molar-refractivity contribution in [1.82, 2.24) is 0 Å². The summed E-state index contributed by atoms with van der Waals surface area (Å²) in [7, 11) is -6.04. The minimum Gasteiger partial charge on any atom is -0.377 e. The molecule has 0 spiro atoms. The van der Waals surface area contributed by atoms with Gasteiger partial charge in [-0.25, -0.2) is 0 Å². The first-order valence-corrected chi connectivity index (χ1v) is 19.1. The molecule has 34 heteroatoms. The van der Waals surface area contributed by atoms with E-state index < -0.39 is 114 Å². The van der Waals surface area contributed by atoms with Gasteiger partial charge in [-0.1, -0.05) is 0 Å². The second-order valence-corrected chi connectivity index (χ2v) is 17.1. The molecule has 0 radical (unpaired) electrons. The molecular formula is C25H32F26O6Si2. The minimum atomic E-state index is -7.92. The van der Waals surface area contributed by atoms with Crippen molar-refractivity contribution in [2.24, 2.45) is 0 Å². The molecule has 0 rings (SSSR count). The van der Waals surface area contributed by atoms with E-state index >= 15 is 0 Å². The molecule has 0 bridgehead atoms. The number of hydrogen-bond acceptors (Lipinski definition) is 6.